The Kier molecular flexibility index (Phi) is 3.19. The highest BCUT2D eigenvalue weighted by molar-refractivity contribution is 9.10. The van der Waals surface area contributed by atoms with Gasteiger partial charge in [-0.1, -0.05) is 21.1 Å². The van der Waals surface area contributed by atoms with Crippen LogP contribution in [0.3, 0.4) is 0 Å². The van der Waals surface area contributed by atoms with Crippen LogP contribution in [-0.4, -0.2) is 28.1 Å². The van der Waals surface area contributed by atoms with Crippen LogP contribution in [0.2, 0.25) is 0 Å². The van der Waals surface area contributed by atoms with Crippen LogP contribution in [0.15, 0.2) is 27.5 Å². The molecule has 0 saturated heterocycles. The van der Waals surface area contributed by atoms with Crippen molar-refractivity contribution in [3.63, 3.8) is 0 Å². The second kappa shape index (κ2) is 4.62. The zero-order valence-electron chi connectivity index (χ0n) is 8.88. The molecule has 0 aliphatic carbocycles. The van der Waals surface area contributed by atoms with Crippen LogP contribution in [-0.2, 0) is 16.1 Å². The molecule has 2 rings (SSSR count). The number of carbonyl (C=O) groups excluding carboxylic acids is 1. The largest absolute Gasteiger partial charge is 0.468 e. The second-order valence-corrected chi connectivity index (χ2v) is 4.21. The van der Waals surface area contributed by atoms with E-state index < -0.39 is 5.97 Å². The first-order chi connectivity index (χ1) is 8.11. The lowest BCUT2D eigenvalue weighted by Crippen LogP contribution is -2.28. The third-order valence-electron chi connectivity index (χ3n) is 2.19. The van der Waals surface area contributed by atoms with Crippen LogP contribution in [0.25, 0.3) is 10.9 Å². The average Bonchev–Trinajstić information content (AvgIpc) is 2.33. The van der Waals surface area contributed by atoms with Crippen molar-refractivity contribution in [1.29, 1.82) is 0 Å². The molecule has 0 radical (unpaired) electrons. The van der Waals surface area contributed by atoms with Gasteiger partial charge in [0, 0.05) is 4.47 Å². The van der Waals surface area contributed by atoms with E-state index in [-0.39, 0.29) is 12.1 Å². The van der Waals surface area contributed by atoms with E-state index in [1.807, 2.05) is 0 Å². The Morgan fingerprint density at radius 1 is 1.53 bits per heavy atom. The van der Waals surface area contributed by atoms with E-state index in [4.69, 9.17) is 0 Å². The molecule has 0 fully saturated rings. The maximum absolute atomic E-state index is 12.0. The van der Waals surface area contributed by atoms with Crippen LogP contribution >= 0.6 is 15.9 Å². The van der Waals surface area contributed by atoms with E-state index in [0.29, 0.717) is 10.9 Å². The minimum atomic E-state index is -0.546. The van der Waals surface area contributed by atoms with Gasteiger partial charge in [-0.2, -0.15) is 4.68 Å². The fourth-order valence-corrected chi connectivity index (χ4v) is 1.70. The number of aromatic nitrogens is 3. The van der Waals surface area contributed by atoms with Gasteiger partial charge >= 0.3 is 5.97 Å². The molecular weight excluding hydrogens is 290 g/mol. The lowest BCUT2D eigenvalue weighted by atomic mass is 10.2. The fraction of sp³-hybridized carbons (Fsp3) is 0.200. The van der Waals surface area contributed by atoms with Gasteiger partial charge in [0.1, 0.15) is 12.1 Å². The Labute approximate surface area is 104 Å². The molecule has 0 N–H and O–H groups in total. The second-order valence-electron chi connectivity index (χ2n) is 3.29. The maximum Gasteiger partial charge on any atom is 0.327 e. The van der Waals surface area contributed by atoms with Gasteiger partial charge in [-0.05, 0) is 18.2 Å². The Balaban J connectivity index is 2.57. The number of methoxy groups -OCH3 is 1. The number of benzene rings is 1. The molecule has 0 atom stereocenters. The highest BCUT2D eigenvalue weighted by atomic mass is 79.9. The van der Waals surface area contributed by atoms with E-state index in [1.54, 1.807) is 18.2 Å². The van der Waals surface area contributed by atoms with Gasteiger partial charge in [0.15, 0.2) is 0 Å². The molecule has 6 nitrogen and oxygen atoms in total. The molecule has 1 aromatic carbocycles. The predicted molar refractivity (Wildman–Crippen MR) is 63.5 cm³/mol. The Bertz CT molecular complexity index is 638. The summed E-state index contributed by atoms with van der Waals surface area (Å²) < 4.78 is 6.21. The van der Waals surface area contributed by atoms with E-state index >= 15 is 0 Å². The molecule has 1 aromatic heterocycles. The van der Waals surface area contributed by atoms with Crippen molar-refractivity contribution in [2.75, 3.05) is 7.11 Å². The zero-order valence-corrected chi connectivity index (χ0v) is 10.5. The lowest BCUT2D eigenvalue weighted by Gasteiger charge is -2.03. The number of nitrogens with zero attached hydrogens (tertiary/aromatic N) is 3. The summed E-state index contributed by atoms with van der Waals surface area (Å²) in [6.45, 7) is -0.245. The van der Waals surface area contributed by atoms with Crippen LogP contribution in [0.5, 0.6) is 0 Å². The van der Waals surface area contributed by atoms with Crippen molar-refractivity contribution in [3.8, 4) is 0 Å². The first kappa shape index (κ1) is 11.7. The van der Waals surface area contributed by atoms with Crippen molar-refractivity contribution in [3.05, 3.63) is 33.0 Å². The zero-order chi connectivity index (χ0) is 12.4. The van der Waals surface area contributed by atoms with Crippen LogP contribution in [0, 0.1) is 0 Å². The Morgan fingerprint density at radius 2 is 2.29 bits per heavy atom. The standard InChI is InChI=1S/C10H8BrN3O3/c1-17-9(15)5-14-10(16)7-4-6(11)2-3-8(7)12-13-14/h2-4H,5H2,1H3. The summed E-state index contributed by atoms with van der Waals surface area (Å²) in [5.41, 5.74) is 0.112. The van der Waals surface area contributed by atoms with Crippen molar-refractivity contribution in [1.82, 2.24) is 15.0 Å². The quantitative estimate of drug-likeness (QED) is 0.764. The molecule has 7 heteroatoms. The number of halogens is 1. The monoisotopic (exact) mass is 297 g/mol. The molecule has 1 heterocycles. The van der Waals surface area contributed by atoms with Gasteiger partial charge in [0.2, 0.25) is 0 Å². The molecule has 2 aromatic rings. The number of ether oxygens (including phenoxy) is 1. The molecule has 0 aliphatic rings. The summed E-state index contributed by atoms with van der Waals surface area (Å²) in [6.07, 6.45) is 0. The summed E-state index contributed by atoms with van der Waals surface area (Å²) in [5.74, 6) is -0.546. The van der Waals surface area contributed by atoms with Crippen molar-refractivity contribution >= 4 is 32.8 Å². The van der Waals surface area contributed by atoms with Crippen LogP contribution in [0.4, 0.5) is 0 Å². The predicted octanol–water partition coefficient (Wildman–Crippen LogP) is 0.727. The molecule has 0 saturated carbocycles. The third-order valence-corrected chi connectivity index (χ3v) is 2.68. The molecule has 0 aliphatic heterocycles. The summed E-state index contributed by atoms with van der Waals surface area (Å²) in [4.78, 5) is 23.0. The van der Waals surface area contributed by atoms with E-state index in [9.17, 15) is 9.59 Å². The third kappa shape index (κ3) is 2.33. The minimum Gasteiger partial charge on any atom is -0.468 e. The first-order valence-electron chi connectivity index (χ1n) is 4.71. The topological polar surface area (TPSA) is 74.1 Å². The van der Waals surface area contributed by atoms with Crippen molar-refractivity contribution < 1.29 is 9.53 Å². The average molecular weight is 298 g/mol. The van der Waals surface area contributed by atoms with Gasteiger partial charge in [-0.25, -0.2) is 0 Å². The number of rotatable bonds is 2. The van der Waals surface area contributed by atoms with Gasteiger partial charge in [-0.3, -0.25) is 9.59 Å². The van der Waals surface area contributed by atoms with E-state index in [0.717, 1.165) is 9.15 Å². The molecule has 0 amide bonds. The number of carbonyl (C=O) groups is 1. The first-order valence-corrected chi connectivity index (χ1v) is 5.51. The van der Waals surface area contributed by atoms with Gasteiger partial charge in [0.05, 0.1) is 12.5 Å². The summed E-state index contributed by atoms with van der Waals surface area (Å²) in [5, 5.41) is 7.92. The maximum atomic E-state index is 12.0. The number of hydrogen-bond donors (Lipinski definition) is 0. The highest BCUT2D eigenvalue weighted by Gasteiger charge is 2.09. The molecular formula is C10H8BrN3O3. The van der Waals surface area contributed by atoms with Gasteiger partial charge in [0.25, 0.3) is 5.56 Å². The summed E-state index contributed by atoms with van der Waals surface area (Å²) in [6, 6.07) is 5.08. The molecule has 0 bridgehead atoms. The summed E-state index contributed by atoms with van der Waals surface area (Å²) in [7, 11) is 1.25. The van der Waals surface area contributed by atoms with Crippen LogP contribution < -0.4 is 5.56 Å². The fourth-order valence-electron chi connectivity index (χ4n) is 1.34. The number of esters is 1. The van der Waals surface area contributed by atoms with Crippen molar-refractivity contribution in [2.24, 2.45) is 0 Å². The van der Waals surface area contributed by atoms with Gasteiger partial charge in [-0.15, -0.1) is 5.10 Å². The molecule has 88 valence electrons. The van der Waals surface area contributed by atoms with Crippen LogP contribution in [0.1, 0.15) is 0 Å². The van der Waals surface area contributed by atoms with E-state index in [2.05, 4.69) is 31.0 Å². The lowest BCUT2D eigenvalue weighted by molar-refractivity contribution is -0.141. The molecule has 0 spiro atoms. The number of hydrogen-bond acceptors (Lipinski definition) is 5. The Morgan fingerprint density at radius 3 is 3.00 bits per heavy atom. The highest BCUT2D eigenvalue weighted by Crippen LogP contribution is 2.14. The minimum absolute atomic E-state index is 0.245. The Hall–Kier alpha value is -1.76. The molecule has 17 heavy (non-hydrogen) atoms. The molecule has 0 unspecified atom stereocenters. The normalized spacial score (nSPS) is 10.5. The summed E-state index contributed by atoms with van der Waals surface area (Å²) >= 11 is 3.27. The van der Waals surface area contributed by atoms with Gasteiger partial charge < -0.3 is 4.74 Å². The smallest absolute Gasteiger partial charge is 0.327 e. The SMILES string of the molecule is COC(=O)Cn1nnc2ccc(Br)cc2c1=O. The number of fused-ring (bicyclic) bond motifs is 1. The van der Waals surface area contributed by atoms with Crippen molar-refractivity contribution in [2.45, 2.75) is 6.54 Å². The van der Waals surface area contributed by atoms with E-state index in [1.165, 1.54) is 7.11 Å².